The van der Waals surface area contributed by atoms with Crippen molar-refractivity contribution in [1.82, 2.24) is 4.90 Å². The molecule has 132 valence electrons. The third kappa shape index (κ3) is 3.96. The summed E-state index contributed by atoms with van der Waals surface area (Å²) in [5.41, 5.74) is 4.16. The molecule has 2 aromatic carbocycles. The molecule has 1 heterocycles. The van der Waals surface area contributed by atoms with Crippen LogP contribution in [0.1, 0.15) is 22.1 Å². The maximum Gasteiger partial charge on any atom is 0.323 e. The lowest BCUT2D eigenvalue weighted by Gasteiger charge is -2.25. The summed E-state index contributed by atoms with van der Waals surface area (Å²) in [7, 11) is 1.65. The molecule has 1 fully saturated rings. The van der Waals surface area contributed by atoms with E-state index in [9.17, 15) is 4.79 Å². The van der Waals surface area contributed by atoms with E-state index < -0.39 is 0 Å². The fourth-order valence-electron chi connectivity index (χ4n) is 2.85. The molecular weight excluding hydrogens is 400 g/mol. The molecule has 1 N–H and O–H groups in total. The number of rotatable bonds is 3. The Hall–Kier alpha value is -1.66. The summed E-state index contributed by atoms with van der Waals surface area (Å²) < 4.78 is 6.19. The molecular formula is C19H21BrN2O2S. The number of thioether (sulfide) groups is 1. The Balaban J connectivity index is 1.80. The molecule has 3 rings (SSSR count). The molecule has 0 aliphatic carbocycles. The van der Waals surface area contributed by atoms with E-state index in [-0.39, 0.29) is 11.4 Å². The molecule has 0 unspecified atom stereocenters. The standard InChI is InChI=1S/C19H21BrN2O2S/c1-12-4-5-13(2)16(10-12)21-19(23)22-8-9-25-18(22)14-6-7-17(24-3)15(20)11-14/h4-7,10-11,18H,8-9H2,1-3H3,(H,21,23)/t18-/m0/s1. The first-order chi connectivity index (χ1) is 12.0. The molecule has 4 nitrogen and oxygen atoms in total. The molecule has 0 bridgehead atoms. The van der Waals surface area contributed by atoms with Gasteiger partial charge < -0.3 is 15.0 Å². The van der Waals surface area contributed by atoms with Crippen LogP contribution in [0, 0.1) is 13.8 Å². The average molecular weight is 421 g/mol. The SMILES string of the molecule is COc1ccc([C@@H]2SCCN2C(=O)Nc2cc(C)ccc2C)cc1Br. The van der Waals surface area contributed by atoms with Gasteiger partial charge in [-0.15, -0.1) is 11.8 Å². The normalized spacial score (nSPS) is 16.8. The van der Waals surface area contributed by atoms with Crippen LogP contribution in [0.5, 0.6) is 5.75 Å². The zero-order valence-corrected chi connectivity index (χ0v) is 16.9. The Morgan fingerprint density at radius 3 is 2.80 bits per heavy atom. The Morgan fingerprint density at radius 2 is 2.08 bits per heavy atom. The van der Waals surface area contributed by atoms with Crippen LogP contribution >= 0.6 is 27.7 Å². The monoisotopic (exact) mass is 420 g/mol. The minimum absolute atomic E-state index is 0.00678. The summed E-state index contributed by atoms with van der Waals surface area (Å²) in [4.78, 5) is 14.7. The number of halogens is 1. The highest BCUT2D eigenvalue weighted by Crippen LogP contribution is 2.40. The van der Waals surface area contributed by atoms with Crippen molar-refractivity contribution in [3.05, 3.63) is 57.6 Å². The van der Waals surface area contributed by atoms with Crippen molar-refractivity contribution in [3.8, 4) is 5.75 Å². The van der Waals surface area contributed by atoms with Gasteiger partial charge in [0.2, 0.25) is 0 Å². The van der Waals surface area contributed by atoms with Crippen LogP contribution < -0.4 is 10.1 Å². The number of carbonyl (C=O) groups excluding carboxylic acids is 1. The van der Waals surface area contributed by atoms with E-state index in [0.717, 1.165) is 44.9 Å². The minimum Gasteiger partial charge on any atom is -0.496 e. The van der Waals surface area contributed by atoms with Crippen LogP contribution in [0.15, 0.2) is 40.9 Å². The van der Waals surface area contributed by atoms with Crippen LogP contribution in [-0.2, 0) is 0 Å². The highest BCUT2D eigenvalue weighted by molar-refractivity contribution is 9.10. The van der Waals surface area contributed by atoms with Gasteiger partial charge in [0.05, 0.1) is 11.6 Å². The van der Waals surface area contributed by atoms with E-state index in [4.69, 9.17) is 4.74 Å². The Bertz CT molecular complexity index is 797. The van der Waals surface area contributed by atoms with Crippen LogP contribution in [0.25, 0.3) is 0 Å². The maximum absolute atomic E-state index is 12.8. The van der Waals surface area contributed by atoms with Gasteiger partial charge >= 0.3 is 6.03 Å². The molecule has 2 aromatic rings. The second-order valence-electron chi connectivity index (χ2n) is 6.06. The molecule has 1 aliphatic rings. The summed E-state index contributed by atoms with van der Waals surface area (Å²) in [6.45, 7) is 4.76. The number of amides is 2. The van der Waals surface area contributed by atoms with Gasteiger partial charge in [-0.3, -0.25) is 0 Å². The van der Waals surface area contributed by atoms with Gasteiger partial charge in [-0.2, -0.15) is 0 Å². The number of nitrogens with one attached hydrogen (secondary N) is 1. The van der Waals surface area contributed by atoms with Crippen LogP contribution in [0.2, 0.25) is 0 Å². The van der Waals surface area contributed by atoms with Gasteiger partial charge in [-0.05, 0) is 64.7 Å². The highest BCUT2D eigenvalue weighted by atomic mass is 79.9. The second-order valence-corrected chi connectivity index (χ2v) is 8.10. The number of anilines is 1. The molecule has 0 saturated carbocycles. The lowest BCUT2D eigenvalue weighted by atomic mass is 10.1. The summed E-state index contributed by atoms with van der Waals surface area (Å²) in [5, 5.41) is 3.07. The van der Waals surface area contributed by atoms with Crippen molar-refractivity contribution in [3.63, 3.8) is 0 Å². The first-order valence-electron chi connectivity index (χ1n) is 8.09. The van der Waals surface area contributed by atoms with Crippen molar-refractivity contribution in [2.75, 3.05) is 24.7 Å². The first-order valence-corrected chi connectivity index (χ1v) is 9.93. The van der Waals surface area contributed by atoms with E-state index in [0.29, 0.717) is 0 Å². The number of aryl methyl sites for hydroxylation is 2. The van der Waals surface area contributed by atoms with E-state index in [1.165, 1.54) is 0 Å². The van der Waals surface area contributed by atoms with Crippen molar-refractivity contribution in [2.45, 2.75) is 19.2 Å². The number of nitrogens with zero attached hydrogens (tertiary/aromatic N) is 1. The van der Waals surface area contributed by atoms with Crippen molar-refractivity contribution < 1.29 is 9.53 Å². The Morgan fingerprint density at radius 1 is 1.28 bits per heavy atom. The molecule has 1 atom stereocenters. The van der Waals surface area contributed by atoms with Gasteiger partial charge in [0.1, 0.15) is 11.1 Å². The highest BCUT2D eigenvalue weighted by Gasteiger charge is 2.31. The number of hydrogen-bond donors (Lipinski definition) is 1. The summed E-state index contributed by atoms with van der Waals surface area (Å²) in [6.07, 6.45) is 0. The minimum atomic E-state index is -0.0596. The predicted molar refractivity (Wildman–Crippen MR) is 108 cm³/mol. The number of hydrogen-bond acceptors (Lipinski definition) is 3. The molecule has 6 heteroatoms. The van der Waals surface area contributed by atoms with E-state index >= 15 is 0 Å². The van der Waals surface area contributed by atoms with Gasteiger partial charge in [0, 0.05) is 18.0 Å². The largest absolute Gasteiger partial charge is 0.496 e. The molecule has 0 spiro atoms. The third-order valence-electron chi connectivity index (χ3n) is 4.25. The van der Waals surface area contributed by atoms with Crippen molar-refractivity contribution in [2.24, 2.45) is 0 Å². The number of benzene rings is 2. The smallest absolute Gasteiger partial charge is 0.323 e. The van der Waals surface area contributed by atoms with E-state index in [2.05, 4.69) is 21.2 Å². The molecule has 25 heavy (non-hydrogen) atoms. The number of carbonyl (C=O) groups is 1. The van der Waals surface area contributed by atoms with Gasteiger partial charge in [0.15, 0.2) is 0 Å². The fourth-order valence-corrected chi connectivity index (χ4v) is 4.65. The third-order valence-corrected chi connectivity index (χ3v) is 6.13. The number of urea groups is 1. The molecule has 0 aromatic heterocycles. The lowest BCUT2D eigenvalue weighted by Crippen LogP contribution is -2.34. The lowest BCUT2D eigenvalue weighted by molar-refractivity contribution is 0.214. The van der Waals surface area contributed by atoms with Gasteiger partial charge in [-0.1, -0.05) is 18.2 Å². The topological polar surface area (TPSA) is 41.6 Å². The van der Waals surface area contributed by atoms with Gasteiger partial charge in [0.25, 0.3) is 0 Å². The van der Waals surface area contributed by atoms with Gasteiger partial charge in [-0.25, -0.2) is 4.79 Å². The number of methoxy groups -OCH3 is 1. The Kier molecular flexibility index (Phi) is 5.59. The number of ether oxygens (including phenoxy) is 1. The summed E-state index contributed by atoms with van der Waals surface area (Å²) in [6, 6.07) is 12.0. The molecule has 2 amide bonds. The van der Waals surface area contributed by atoms with E-state index in [1.807, 2.05) is 55.1 Å². The zero-order valence-electron chi connectivity index (χ0n) is 14.5. The molecule has 0 radical (unpaired) electrons. The quantitative estimate of drug-likeness (QED) is 0.726. The van der Waals surface area contributed by atoms with Crippen LogP contribution in [0.3, 0.4) is 0 Å². The molecule has 1 aliphatic heterocycles. The fraction of sp³-hybridized carbons (Fsp3) is 0.316. The zero-order chi connectivity index (χ0) is 18.0. The Labute approximate surface area is 161 Å². The summed E-state index contributed by atoms with van der Waals surface area (Å²) >= 11 is 5.30. The predicted octanol–water partition coefficient (Wildman–Crippen LogP) is 5.35. The maximum atomic E-state index is 12.8. The van der Waals surface area contributed by atoms with Crippen molar-refractivity contribution in [1.29, 1.82) is 0 Å². The van der Waals surface area contributed by atoms with Crippen LogP contribution in [-0.4, -0.2) is 30.3 Å². The first kappa shape index (κ1) is 18.1. The summed E-state index contributed by atoms with van der Waals surface area (Å²) in [5.74, 6) is 1.72. The average Bonchev–Trinajstić information content (AvgIpc) is 3.08. The molecule has 1 saturated heterocycles. The van der Waals surface area contributed by atoms with Crippen molar-refractivity contribution >= 4 is 39.4 Å². The second kappa shape index (κ2) is 7.70. The van der Waals surface area contributed by atoms with E-state index in [1.54, 1.807) is 18.9 Å². The van der Waals surface area contributed by atoms with Crippen LogP contribution in [0.4, 0.5) is 10.5 Å².